The molecule has 0 radical (unpaired) electrons. The minimum atomic E-state index is 0.140. The Morgan fingerprint density at radius 1 is 0.800 bits per heavy atom. The van der Waals surface area contributed by atoms with Gasteiger partial charge in [-0.25, -0.2) is 0 Å². The van der Waals surface area contributed by atoms with Gasteiger partial charge in [0.15, 0.2) is 11.5 Å². The van der Waals surface area contributed by atoms with Crippen molar-refractivity contribution in [2.75, 3.05) is 14.2 Å². The zero-order valence-electron chi connectivity index (χ0n) is 12.2. The van der Waals surface area contributed by atoms with Crippen LogP contribution in [-0.4, -0.2) is 14.2 Å². The van der Waals surface area contributed by atoms with E-state index in [1.807, 2.05) is 12.1 Å². The molecule has 2 aromatic rings. The molecule has 0 amide bonds. The van der Waals surface area contributed by atoms with Gasteiger partial charge in [-0.1, -0.05) is 51.3 Å². The van der Waals surface area contributed by atoms with Crippen LogP contribution in [0.15, 0.2) is 36.4 Å². The minimum absolute atomic E-state index is 0.140. The molecule has 0 spiro atoms. The number of rotatable bonds is 4. The van der Waals surface area contributed by atoms with Crippen molar-refractivity contribution in [3.8, 4) is 11.5 Å². The summed E-state index contributed by atoms with van der Waals surface area (Å²) in [4.78, 5) is 0.140. The summed E-state index contributed by atoms with van der Waals surface area (Å²) in [5.74, 6) is 1.50. The summed E-state index contributed by atoms with van der Waals surface area (Å²) < 4.78 is 10.6. The Labute approximate surface area is 128 Å². The van der Waals surface area contributed by atoms with E-state index in [0.29, 0.717) is 0 Å². The van der Waals surface area contributed by atoms with Gasteiger partial charge in [-0.3, -0.25) is 0 Å². The lowest BCUT2D eigenvalue weighted by Crippen LogP contribution is -1.97. The third-order valence-electron chi connectivity index (χ3n) is 3.24. The van der Waals surface area contributed by atoms with E-state index in [1.165, 1.54) is 16.7 Å². The predicted molar refractivity (Wildman–Crippen MR) is 86.2 cm³/mol. The first-order valence-electron chi connectivity index (χ1n) is 6.49. The lowest BCUT2D eigenvalue weighted by molar-refractivity contribution is 0.354. The Kier molecular flexibility index (Phi) is 4.71. The third kappa shape index (κ3) is 3.15. The molecule has 2 aromatic carbocycles. The Balaban J connectivity index is 2.39. The van der Waals surface area contributed by atoms with Gasteiger partial charge in [0.25, 0.3) is 0 Å². The lowest BCUT2D eigenvalue weighted by Gasteiger charge is -2.15. The number of alkyl halides is 1. The molecule has 1 atom stereocenters. The van der Waals surface area contributed by atoms with Gasteiger partial charge in [0.2, 0.25) is 0 Å². The maximum absolute atomic E-state index is 5.36. The van der Waals surface area contributed by atoms with E-state index in [2.05, 4.69) is 54.0 Å². The van der Waals surface area contributed by atoms with E-state index in [9.17, 15) is 0 Å². The Morgan fingerprint density at radius 3 is 1.95 bits per heavy atom. The Hall–Kier alpha value is -1.48. The zero-order valence-corrected chi connectivity index (χ0v) is 13.8. The fourth-order valence-corrected chi connectivity index (χ4v) is 2.91. The average molecular weight is 335 g/mol. The van der Waals surface area contributed by atoms with Crippen LogP contribution >= 0.6 is 15.9 Å². The highest BCUT2D eigenvalue weighted by atomic mass is 79.9. The van der Waals surface area contributed by atoms with Gasteiger partial charge in [0, 0.05) is 0 Å². The molecule has 0 aliphatic carbocycles. The molecule has 20 heavy (non-hydrogen) atoms. The van der Waals surface area contributed by atoms with Crippen LogP contribution in [0, 0.1) is 13.8 Å². The van der Waals surface area contributed by atoms with Crippen molar-refractivity contribution in [1.82, 2.24) is 0 Å². The second kappa shape index (κ2) is 6.31. The van der Waals surface area contributed by atoms with Crippen LogP contribution in [0.25, 0.3) is 0 Å². The van der Waals surface area contributed by atoms with Crippen molar-refractivity contribution in [3.05, 3.63) is 58.7 Å². The van der Waals surface area contributed by atoms with Crippen LogP contribution in [-0.2, 0) is 0 Å². The van der Waals surface area contributed by atoms with Crippen LogP contribution in [0.3, 0.4) is 0 Å². The van der Waals surface area contributed by atoms with E-state index >= 15 is 0 Å². The number of aryl methyl sites for hydroxylation is 2. The topological polar surface area (TPSA) is 18.5 Å². The molecule has 1 unspecified atom stereocenters. The van der Waals surface area contributed by atoms with E-state index in [-0.39, 0.29) is 4.83 Å². The Bertz CT molecular complexity index is 588. The molecule has 0 aromatic heterocycles. The van der Waals surface area contributed by atoms with E-state index in [1.54, 1.807) is 14.2 Å². The summed E-state index contributed by atoms with van der Waals surface area (Å²) in [6, 6.07) is 12.6. The monoisotopic (exact) mass is 334 g/mol. The van der Waals surface area contributed by atoms with Gasteiger partial charge < -0.3 is 9.47 Å². The average Bonchev–Trinajstić information content (AvgIpc) is 2.44. The van der Waals surface area contributed by atoms with E-state index in [4.69, 9.17) is 9.47 Å². The lowest BCUT2D eigenvalue weighted by atomic mass is 10.0. The first kappa shape index (κ1) is 14.9. The van der Waals surface area contributed by atoms with Crippen molar-refractivity contribution in [2.45, 2.75) is 18.7 Å². The molecule has 0 aliphatic rings. The number of benzene rings is 2. The molecule has 2 rings (SSSR count). The first-order valence-corrected chi connectivity index (χ1v) is 7.41. The fourth-order valence-electron chi connectivity index (χ4n) is 2.36. The molecule has 3 heteroatoms. The van der Waals surface area contributed by atoms with Crippen molar-refractivity contribution in [3.63, 3.8) is 0 Å². The normalized spacial score (nSPS) is 12.1. The van der Waals surface area contributed by atoms with Crippen LogP contribution in [0.4, 0.5) is 0 Å². The molecule has 0 bridgehead atoms. The quantitative estimate of drug-likeness (QED) is 0.747. The molecule has 0 saturated carbocycles. The second-order valence-electron chi connectivity index (χ2n) is 4.90. The van der Waals surface area contributed by atoms with Gasteiger partial charge in [-0.2, -0.15) is 0 Å². The standard InChI is InChI=1S/C17H19BrO2/c1-11-7-12(2)9-14(8-11)17(18)13-5-6-15(19-3)16(10-13)20-4/h5-10,17H,1-4H3. The third-order valence-corrected chi connectivity index (χ3v) is 4.29. The highest BCUT2D eigenvalue weighted by Gasteiger charge is 2.14. The van der Waals surface area contributed by atoms with Crippen molar-refractivity contribution in [1.29, 1.82) is 0 Å². The zero-order chi connectivity index (χ0) is 14.7. The molecule has 0 heterocycles. The summed E-state index contributed by atoms with van der Waals surface area (Å²) in [6.07, 6.45) is 0. The van der Waals surface area contributed by atoms with Crippen LogP contribution in [0.1, 0.15) is 27.1 Å². The molecule has 0 aliphatic heterocycles. The van der Waals surface area contributed by atoms with E-state index < -0.39 is 0 Å². The van der Waals surface area contributed by atoms with Gasteiger partial charge in [-0.15, -0.1) is 0 Å². The van der Waals surface area contributed by atoms with Crippen LogP contribution in [0.5, 0.6) is 11.5 Å². The van der Waals surface area contributed by atoms with Crippen LogP contribution < -0.4 is 9.47 Å². The summed E-state index contributed by atoms with van der Waals surface area (Å²) in [5.41, 5.74) is 4.93. The molecule has 106 valence electrons. The number of ether oxygens (including phenoxy) is 2. The SMILES string of the molecule is COc1ccc(C(Br)c2cc(C)cc(C)c2)cc1OC. The Morgan fingerprint density at radius 2 is 1.40 bits per heavy atom. The highest BCUT2D eigenvalue weighted by molar-refractivity contribution is 9.09. The predicted octanol–water partition coefficient (Wildman–Crippen LogP) is 4.80. The number of halogens is 1. The van der Waals surface area contributed by atoms with Gasteiger partial charge in [0.05, 0.1) is 19.0 Å². The van der Waals surface area contributed by atoms with Crippen LogP contribution in [0.2, 0.25) is 0 Å². The molecule has 0 saturated heterocycles. The van der Waals surface area contributed by atoms with Crippen molar-refractivity contribution >= 4 is 15.9 Å². The fraction of sp³-hybridized carbons (Fsp3) is 0.294. The highest BCUT2D eigenvalue weighted by Crippen LogP contribution is 2.36. The summed E-state index contributed by atoms with van der Waals surface area (Å²) in [7, 11) is 3.30. The molecular formula is C17H19BrO2. The summed E-state index contributed by atoms with van der Waals surface area (Å²) in [5, 5.41) is 0. The first-order chi connectivity index (χ1) is 9.55. The molecule has 0 fully saturated rings. The molecule has 2 nitrogen and oxygen atoms in total. The smallest absolute Gasteiger partial charge is 0.161 e. The van der Waals surface area contributed by atoms with Gasteiger partial charge in [0.1, 0.15) is 0 Å². The second-order valence-corrected chi connectivity index (χ2v) is 5.81. The summed E-state index contributed by atoms with van der Waals surface area (Å²) >= 11 is 3.78. The maximum atomic E-state index is 5.36. The van der Waals surface area contributed by atoms with Crippen molar-refractivity contribution in [2.24, 2.45) is 0 Å². The molecule has 0 N–H and O–H groups in total. The van der Waals surface area contributed by atoms with Gasteiger partial charge >= 0.3 is 0 Å². The largest absolute Gasteiger partial charge is 0.493 e. The molecular weight excluding hydrogens is 316 g/mol. The number of hydrogen-bond acceptors (Lipinski definition) is 2. The van der Waals surface area contributed by atoms with Gasteiger partial charge in [-0.05, 0) is 37.1 Å². The maximum Gasteiger partial charge on any atom is 0.161 e. The van der Waals surface area contributed by atoms with E-state index in [0.717, 1.165) is 17.1 Å². The van der Waals surface area contributed by atoms with Crippen molar-refractivity contribution < 1.29 is 9.47 Å². The number of hydrogen-bond donors (Lipinski definition) is 0. The number of methoxy groups -OCH3 is 2. The minimum Gasteiger partial charge on any atom is -0.493 e. The summed E-state index contributed by atoms with van der Waals surface area (Å²) in [6.45, 7) is 4.23.